The van der Waals surface area contributed by atoms with Gasteiger partial charge in [0.15, 0.2) is 0 Å². The van der Waals surface area contributed by atoms with E-state index in [9.17, 15) is 4.79 Å². The van der Waals surface area contributed by atoms with Crippen molar-refractivity contribution in [3.63, 3.8) is 0 Å². The smallest absolute Gasteiger partial charge is 0.220 e. The summed E-state index contributed by atoms with van der Waals surface area (Å²) in [5.41, 5.74) is 2.45. The van der Waals surface area contributed by atoms with Crippen LogP contribution in [-0.4, -0.2) is 16.9 Å². The molecule has 1 atom stereocenters. The number of benzene rings is 1. The number of unbranched alkanes of at least 4 members (excludes halogenated alkanes) is 1. The van der Waals surface area contributed by atoms with Crippen molar-refractivity contribution < 1.29 is 4.79 Å². The van der Waals surface area contributed by atoms with E-state index in [-0.39, 0.29) is 5.91 Å². The fourth-order valence-corrected chi connectivity index (χ4v) is 5.34. The van der Waals surface area contributed by atoms with Crippen molar-refractivity contribution >= 4 is 27.5 Å². The van der Waals surface area contributed by atoms with Crippen LogP contribution in [0.25, 0.3) is 0 Å². The van der Waals surface area contributed by atoms with Crippen LogP contribution in [0.2, 0.25) is 0 Å². The van der Waals surface area contributed by atoms with Crippen LogP contribution in [0.4, 0.5) is 0 Å². The van der Waals surface area contributed by atoms with E-state index in [0.717, 1.165) is 11.7 Å². The van der Waals surface area contributed by atoms with Gasteiger partial charge < -0.3 is 5.32 Å². The van der Waals surface area contributed by atoms with Crippen LogP contribution in [-0.2, 0) is 11.3 Å². The lowest BCUT2D eigenvalue weighted by molar-refractivity contribution is -0.121. The number of nitrogens with one attached hydrogen (secondary N) is 1. The standard InChI is InChI=1S/C16H23NOS2/c1-13-6-2-3-7-14(13)12-17-16(18)9-5-4-8-15-10-11-19-20-15/h2-3,6-7,15H,4-5,8-12H2,1H3,(H,17,18). The monoisotopic (exact) mass is 309 g/mol. The number of carbonyl (C=O) groups is 1. The number of amides is 1. The molecule has 1 amide bonds. The second kappa shape index (κ2) is 8.63. The summed E-state index contributed by atoms with van der Waals surface area (Å²) in [6.45, 7) is 2.74. The molecule has 0 spiro atoms. The minimum atomic E-state index is 0.182. The molecule has 20 heavy (non-hydrogen) atoms. The Morgan fingerprint density at radius 3 is 2.95 bits per heavy atom. The summed E-state index contributed by atoms with van der Waals surface area (Å²) < 4.78 is 0. The highest BCUT2D eigenvalue weighted by Gasteiger charge is 2.15. The van der Waals surface area contributed by atoms with Crippen LogP contribution in [0.15, 0.2) is 24.3 Å². The van der Waals surface area contributed by atoms with Gasteiger partial charge in [-0.3, -0.25) is 4.79 Å². The summed E-state index contributed by atoms with van der Waals surface area (Å²) in [4.78, 5) is 11.8. The molecule has 0 aliphatic carbocycles. The van der Waals surface area contributed by atoms with Crippen LogP contribution >= 0.6 is 21.6 Å². The molecule has 1 heterocycles. The molecule has 1 aromatic carbocycles. The van der Waals surface area contributed by atoms with Crippen molar-refractivity contribution in [3.05, 3.63) is 35.4 Å². The molecule has 1 unspecified atom stereocenters. The average Bonchev–Trinajstić information content (AvgIpc) is 2.96. The summed E-state index contributed by atoms with van der Waals surface area (Å²) in [5, 5.41) is 3.85. The van der Waals surface area contributed by atoms with E-state index < -0.39 is 0 Å². The molecule has 1 aliphatic heterocycles. The van der Waals surface area contributed by atoms with Gasteiger partial charge in [0.05, 0.1) is 0 Å². The van der Waals surface area contributed by atoms with Gasteiger partial charge in [0.25, 0.3) is 0 Å². The van der Waals surface area contributed by atoms with E-state index in [1.807, 2.05) is 33.7 Å². The third-order valence-electron chi connectivity index (χ3n) is 3.64. The molecule has 0 saturated carbocycles. The first-order chi connectivity index (χ1) is 9.75. The number of aryl methyl sites for hydroxylation is 1. The van der Waals surface area contributed by atoms with Crippen LogP contribution in [0.1, 0.15) is 43.2 Å². The van der Waals surface area contributed by atoms with Gasteiger partial charge in [-0.25, -0.2) is 0 Å². The van der Waals surface area contributed by atoms with E-state index in [1.54, 1.807) is 0 Å². The van der Waals surface area contributed by atoms with Crippen molar-refractivity contribution in [3.8, 4) is 0 Å². The molecule has 2 nitrogen and oxygen atoms in total. The van der Waals surface area contributed by atoms with Gasteiger partial charge in [-0.2, -0.15) is 0 Å². The zero-order valence-corrected chi connectivity index (χ0v) is 13.7. The molecule has 1 aliphatic rings. The lowest BCUT2D eigenvalue weighted by atomic mass is 10.1. The number of rotatable bonds is 7. The Labute approximate surface area is 129 Å². The second-order valence-electron chi connectivity index (χ2n) is 5.28. The van der Waals surface area contributed by atoms with Gasteiger partial charge in [0, 0.05) is 24.0 Å². The quantitative estimate of drug-likeness (QED) is 0.600. The zero-order chi connectivity index (χ0) is 14.2. The minimum absolute atomic E-state index is 0.182. The third-order valence-corrected chi connectivity index (χ3v) is 6.65. The molecule has 0 radical (unpaired) electrons. The molecule has 1 fully saturated rings. The lowest BCUT2D eigenvalue weighted by Crippen LogP contribution is -2.22. The summed E-state index contributed by atoms with van der Waals surface area (Å²) in [5.74, 6) is 1.48. The van der Waals surface area contributed by atoms with Gasteiger partial charge >= 0.3 is 0 Å². The van der Waals surface area contributed by atoms with Crippen molar-refractivity contribution in [2.75, 3.05) is 5.75 Å². The molecule has 4 heteroatoms. The molecule has 2 rings (SSSR count). The normalized spacial score (nSPS) is 18.1. The highest BCUT2D eigenvalue weighted by atomic mass is 33.1. The number of hydrogen-bond donors (Lipinski definition) is 1. The Morgan fingerprint density at radius 2 is 2.20 bits per heavy atom. The van der Waals surface area contributed by atoms with E-state index in [2.05, 4.69) is 24.4 Å². The van der Waals surface area contributed by atoms with E-state index in [4.69, 9.17) is 0 Å². The minimum Gasteiger partial charge on any atom is -0.352 e. The molecule has 110 valence electrons. The van der Waals surface area contributed by atoms with Crippen molar-refractivity contribution in [1.82, 2.24) is 5.32 Å². The van der Waals surface area contributed by atoms with E-state index in [0.29, 0.717) is 13.0 Å². The summed E-state index contributed by atoms with van der Waals surface area (Å²) in [7, 11) is 4.02. The van der Waals surface area contributed by atoms with Gasteiger partial charge in [0.2, 0.25) is 5.91 Å². The fraction of sp³-hybridized carbons (Fsp3) is 0.562. The largest absolute Gasteiger partial charge is 0.352 e. The van der Waals surface area contributed by atoms with Crippen molar-refractivity contribution in [2.45, 2.75) is 50.8 Å². The SMILES string of the molecule is Cc1ccccc1CNC(=O)CCCCC1CCSS1. The summed E-state index contributed by atoms with van der Waals surface area (Å²) in [6, 6.07) is 8.20. The molecular formula is C16H23NOS2. The van der Waals surface area contributed by atoms with Crippen molar-refractivity contribution in [1.29, 1.82) is 0 Å². The fourth-order valence-electron chi connectivity index (χ4n) is 2.31. The molecule has 1 N–H and O–H groups in total. The molecule has 1 saturated heterocycles. The summed E-state index contributed by atoms with van der Waals surface area (Å²) >= 11 is 0. The van der Waals surface area contributed by atoms with E-state index in [1.165, 1.54) is 36.1 Å². The first kappa shape index (κ1) is 15.8. The predicted molar refractivity (Wildman–Crippen MR) is 89.9 cm³/mol. The van der Waals surface area contributed by atoms with Gasteiger partial charge in [-0.1, -0.05) is 52.3 Å². The third kappa shape index (κ3) is 5.41. The summed E-state index contributed by atoms with van der Waals surface area (Å²) in [6.07, 6.45) is 5.46. The van der Waals surface area contributed by atoms with Crippen LogP contribution in [0.5, 0.6) is 0 Å². The zero-order valence-electron chi connectivity index (χ0n) is 12.1. The number of hydrogen-bond acceptors (Lipinski definition) is 3. The second-order valence-corrected chi connectivity index (χ2v) is 8.07. The Morgan fingerprint density at radius 1 is 1.35 bits per heavy atom. The van der Waals surface area contributed by atoms with Gasteiger partial charge in [-0.15, -0.1) is 0 Å². The maximum Gasteiger partial charge on any atom is 0.220 e. The highest BCUT2D eigenvalue weighted by Crippen LogP contribution is 2.39. The van der Waals surface area contributed by atoms with Gasteiger partial charge in [-0.05, 0) is 37.3 Å². The van der Waals surface area contributed by atoms with Crippen molar-refractivity contribution in [2.24, 2.45) is 0 Å². The van der Waals surface area contributed by atoms with E-state index >= 15 is 0 Å². The Bertz CT molecular complexity index is 430. The first-order valence-corrected chi connectivity index (χ1v) is 9.73. The maximum atomic E-state index is 11.8. The molecule has 1 aromatic rings. The maximum absolute atomic E-state index is 11.8. The lowest BCUT2D eigenvalue weighted by Gasteiger charge is -2.09. The predicted octanol–water partition coefficient (Wildman–Crippen LogP) is 4.33. The Balaban J connectivity index is 1.57. The topological polar surface area (TPSA) is 29.1 Å². The Hall–Kier alpha value is -0.610. The molecular weight excluding hydrogens is 286 g/mol. The Kier molecular flexibility index (Phi) is 6.80. The number of carbonyl (C=O) groups excluding carboxylic acids is 1. The van der Waals surface area contributed by atoms with Crippen LogP contribution < -0.4 is 5.32 Å². The first-order valence-electron chi connectivity index (χ1n) is 7.35. The molecule has 0 bridgehead atoms. The van der Waals surface area contributed by atoms with Crippen LogP contribution in [0, 0.1) is 6.92 Å². The average molecular weight is 309 g/mol. The van der Waals surface area contributed by atoms with Crippen LogP contribution in [0.3, 0.4) is 0 Å². The van der Waals surface area contributed by atoms with Gasteiger partial charge in [0.1, 0.15) is 0 Å². The molecule has 0 aromatic heterocycles. The highest BCUT2D eigenvalue weighted by molar-refractivity contribution is 8.77.